The summed E-state index contributed by atoms with van der Waals surface area (Å²) in [6.45, 7) is 6.49. The van der Waals surface area contributed by atoms with Gasteiger partial charge in [-0.1, -0.05) is 78.4 Å². The fraction of sp³-hybridized carbons (Fsp3) is 0.276. The van der Waals surface area contributed by atoms with Crippen LogP contribution in [-0.4, -0.2) is 46.9 Å². The summed E-state index contributed by atoms with van der Waals surface area (Å²) in [5.74, 6) is 0.280. The van der Waals surface area contributed by atoms with Crippen molar-refractivity contribution in [2.45, 2.75) is 25.8 Å². The second-order valence-electron chi connectivity index (χ2n) is 9.10. The number of piperazine rings is 1. The summed E-state index contributed by atoms with van der Waals surface area (Å²) in [6.07, 6.45) is 2.58. The molecule has 0 saturated carbocycles. The molecule has 4 aromatic rings. The number of hydrogen-bond donors (Lipinski definition) is 1. The van der Waals surface area contributed by atoms with E-state index in [4.69, 9.17) is 0 Å². The minimum Gasteiger partial charge on any atom is -0.361 e. The van der Waals surface area contributed by atoms with Gasteiger partial charge in [0.15, 0.2) is 0 Å². The average Bonchev–Trinajstić information content (AvgIpc) is 3.27. The Morgan fingerprint density at radius 2 is 1.67 bits per heavy atom. The van der Waals surface area contributed by atoms with E-state index in [0.717, 1.165) is 38.2 Å². The van der Waals surface area contributed by atoms with Gasteiger partial charge in [0, 0.05) is 62.2 Å². The van der Waals surface area contributed by atoms with E-state index in [2.05, 4.69) is 101 Å². The van der Waals surface area contributed by atoms with E-state index in [1.165, 1.54) is 27.6 Å². The highest BCUT2D eigenvalue weighted by Crippen LogP contribution is 2.34. The SMILES string of the molecule is Cc1cccc(C(CC(=O)N2CCN(Cc3ccccc3)CC2)c2c[nH]c3ccccc23)c1. The van der Waals surface area contributed by atoms with Crippen molar-refractivity contribution in [2.75, 3.05) is 26.2 Å². The number of para-hydroxylation sites is 1. The van der Waals surface area contributed by atoms with Crippen molar-refractivity contribution >= 4 is 16.8 Å². The topological polar surface area (TPSA) is 39.3 Å². The van der Waals surface area contributed by atoms with E-state index in [1.54, 1.807) is 0 Å². The number of amides is 1. The second kappa shape index (κ2) is 9.63. The highest BCUT2D eigenvalue weighted by atomic mass is 16.2. The van der Waals surface area contributed by atoms with Gasteiger partial charge < -0.3 is 9.88 Å². The molecule has 33 heavy (non-hydrogen) atoms. The Hall–Kier alpha value is -3.37. The summed E-state index contributed by atoms with van der Waals surface area (Å²) >= 11 is 0. The van der Waals surface area contributed by atoms with E-state index in [1.807, 2.05) is 6.07 Å². The lowest BCUT2D eigenvalue weighted by Gasteiger charge is -2.35. The van der Waals surface area contributed by atoms with Crippen LogP contribution in [0.2, 0.25) is 0 Å². The molecule has 1 aromatic heterocycles. The first-order valence-corrected chi connectivity index (χ1v) is 11.8. The number of carbonyl (C=O) groups is 1. The van der Waals surface area contributed by atoms with Gasteiger partial charge in [-0.3, -0.25) is 9.69 Å². The van der Waals surface area contributed by atoms with Crippen molar-refractivity contribution in [3.8, 4) is 0 Å². The van der Waals surface area contributed by atoms with Gasteiger partial charge in [0.05, 0.1) is 0 Å². The number of H-pyrrole nitrogens is 1. The number of nitrogens with one attached hydrogen (secondary N) is 1. The summed E-state index contributed by atoms with van der Waals surface area (Å²) in [7, 11) is 0. The van der Waals surface area contributed by atoms with Crippen molar-refractivity contribution in [1.82, 2.24) is 14.8 Å². The summed E-state index contributed by atoms with van der Waals surface area (Å²) in [6, 6.07) is 27.5. The Labute approximate surface area is 195 Å². The van der Waals surface area contributed by atoms with E-state index < -0.39 is 0 Å². The molecule has 0 spiro atoms. The Morgan fingerprint density at radius 3 is 2.45 bits per heavy atom. The number of hydrogen-bond acceptors (Lipinski definition) is 2. The smallest absolute Gasteiger partial charge is 0.223 e. The third-order valence-electron chi connectivity index (χ3n) is 6.79. The number of aromatic amines is 1. The molecule has 168 valence electrons. The highest BCUT2D eigenvalue weighted by Gasteiger charge is 2.26. The van der Waals surface area contributed by atoms with Crippen LogP contribution in [0.3, 0.4) is 0 Å². The fourth-order valence-electron chi connectivity index (χ4n) is 4.98. The average molecular weight is 438 g/mol. The largest absolute Gasteiger partial charge is 0.361 e. The first kappa shape index (κ1) is 21.5. The molecule has 1 fully saturated rings. The van der Waals surface area contributed by atoms with Gasteiger partial charge in [0.1, 0.15) is 0 Å². The minimum atomic E-state index is 0.0379. The maximum atomic E-state index is 13.5. The van der Waals surface area contributed by atoms with Crippen molar-refractivity contribution < 1.29 is 4.79 Å². The molecule has 1 N–H and O–H groups in total. The molecule has 2 heterocycles. The Morgan fingerprint density at radius 1 is 0.909 bits per heavy atom. The molecule has 3 aromatic carbocycles. The molecule has 1 aliphatic heterocycles. The number of rotatable bonds is 6. The molecule has 0 aliphatic carbocycles. The molecule has 4 heteroatoms. The Kier molecular flexibility index (Phi) is 6.27. The Bertz CT molecular complexity index is 1220. The summed E-state index contributed by atoms with van der Waals surface area (Å²) in [5.41, 5.74) is 6.07. The lowest BCUT2D eigenvalue weighted by Crippen LogP contribution is -2.48. The van der Waals surface area contributed by atoms with Crippen molar-refractivity contribution in [1.29, 1.82) is 0 Å². The van der Waals surface area contributed by atoms with Crippen molar-refractivity contribution in [2.24, 2.45) is 0 Å². The summed E-state index contributed by atoms with van der Waals surface area (Å²) in [5, 5.41) is 1.20. The van der Waals surface area contributed by atoms with Gasteiger partial charge in [-0.2, -0.15) is 0 Å². The van der Waals surface area contributed by atoms with Gasteiger partial charge in [-0.25, -0.2) is 0 Å². The zero-order chi connectivity index (χ0) is 22.6. The lowest BCUT2D eigenvalue weighted by molar-refractivity contribution is -0.133. The number of benzene rings is 3. The summed E-state index contributed by atoms with van der Waals surface area (Å²) < 4.78 is 0. The van der Waals surface area contributed by atoms with E-state index in [-0.39, 0.29) is 11.8 Å². The molecule has 4 nitrogen and oxygen atoms in total. The zero-order valence-electron chi connectivity index (χ0n) is 19.2. The predicted molar refractivity (Wildman–Crippen MR) is 134 cm³/mol. The lowest BCUT2D eigenvalue weighted by atomic mass is 9.87. The standard InChI is InChI=1S/C29H31N3O/c1-22-8-7-11-24(18-22)26(27-20-30-28-13-6-5-12-25(27)28)19-29(33)32-16-14-31(15-17-32)21-23-9-3-2-4-10-23/h2-13,18,20,26,30H,14-17,19,21H2,1H3. The van der Waals surface area contributed by atoms with Crippen LogP contribution in [0.5, 0.6) is 0 Å². The van der Waals surface area contributed by atoms with E-state index >= 15 is 0 Å². The predicted octanol–water partition coefficient (Wildman–Crippen LogP) is 5.34. The third kappa shape index (κ3) is 4.86. The molecular formula is C29H31N3O. The number of aryl methyl sites for hydroxylation is 1. The van der Waals surface area contributed by atoms with Crippen LogP contribution in [0.4, 0.5) is 0 Å². The molecule has 1 unspecified atom stereocenters. The first-order valence-electron chi connectivity index (χ1n) is 11.8. The van der Waals surface area contributed by atoms with Crippen molar-refractivity contribution in [3.63, 3.8) is 0 Å². The van der Waals surface area contributed by atoms with Crippen LogP contribution >= 0.6 is 0 Å². The number of carbonyl (C=O) groups excluding carboxylic acids is 1. The zero-order valence-corrected chi connectivity index (χ0v) is 19.2. The van der Waals surface area contributed by atoms with Crippen LogP contribution in [0.25, 0.3) is 10.9 Å². The quantitative estimate of drug-likeness (QED) is 0.442. The highest BCUT2D eigenvalue weighted by molar-refractivity contribution is 5.86. The van der Waals surface area contributed by atoms with E-state index in [9.17, 15) is 4.79 Å². The van der Waals surface area contributed by atoms with Crippen LogP contribution in [-0.2, 0) is 11.3 Å². The number of aromatic nitrogens is 1. The van der Waals surface area contributed by atoms with Gasteiger partial charge in [-0.15, -0.1) is 0 Å². The van der Waals surface area contributed by atoms with Crippen LogP contribution in [0.1, 0.15) is 34.6 Å². The van der Waals surface area contributed by atoms with Gasteiger partial charge in [0.25, 0.3) is 0 Å². The summed E-state index contributed by atoms with van der Waals surface area (Å²) in [4.78, 5) is 21.4. The molecule has 1 saturated heterocycles. The maximum absolute atomic E-state index is 13.5. The van der Waals surface area contributed by atoms with Crippen LogP contribution in [0, 0.1) is 6.92 Å². The molecule has 1 atom stereocenters. The Balaban J connectivity index is 1.32. The molecular weight excluding hydrogens is 406 g/mol. The van der Waals surface area contributed by atoms with Crippen LogP contribution < -0.4 is 0 Å². The molecule has 1 amide bonds. The van der Waals surface area contributed by atoms with Crippen molar-refractivity contribution in [3.05, 3.63) is 107 Å². The number of fused-ring (bicyclic) bond motifs is 1. The molecule has 1 aliphatic rings. The van der Waals surface area contributed by atoms with Gasteiger partial charge in [-0.05, 0) is 29.7 Å². The second-order valence-corrected chi connectivity index (χ2v) is 9.10. The monoisotopic (exact) mass is 437 g/mol. The molecule has 0 radical (unpaired) electrons. The molecule has 0 bridgehead atoms. The van der Waals surface area contributed by atoms with Gasteiger partial charge in [0.2, 0.25) is 5.91 Å². The third-order valence-corrected chi connectivity index (χ3v) is 6.79. The maximum Gasteiger partial charge on any atom is 0.223 e. The van der Waals surface area contributed by atoms with Crippen LogP contribution in [0.15, 0.2) is 85.1 Å². The van der Waals surface area contributed by atoms with E-state index in [0.29, 0.717) is 6.42 Å². The number of nitrogens with zero attached hydrogens (tertiary/aromatic N) is 2. The molecule has 5 rings (SSSR count). The fourth-order valence-corrected chi connectivity index (χ4v) is 4.98. The normalized spacial score (nSPS) is 15.6. The first-order chi connectivity index (χ1) is 16.2. The minimum absolute atomic E-state index is 0.0379. The van der Waals surface area contributed by atoms with Gasteiger partial charge >= 0.3 is 0 Å².